The number of morpholine rings is 1. The van der Waals surface area contributed by atoms with Gasteiger partial charge in [0.25, 0.3) is 11.5 Å². The van der Waals surface area contributed by atoms with Crippen LogP contribution in [0.1, 0.15) is 30.3 Å². The number of benzene rings is 1. The van der Waals surface area contributed by atoms with Gasteiger partial charge in [0.15, 0.2) is 16.7 Å². The molecule has 0 bridgehead atoms. The van der Waals surface area contributed by atoms with Gasteiger partial charge in [-0.2, -0.15) is 5.10 Å². The lowest BCUT2D eigenvalue weighted by Gasteiger charge is -2.22. The summed E-state index contributed by atoms with van der Waals surface area (Å²) in [4.78, 5) is 35.1. The van der Waals surface area contributed by atoms with Gasteiger partial charge in [-0.1, -0.05) is 6.07 Å². The lowest BCUT2D eigenvalue weighted by atomic mass is 9.97. The van der Waals surface area contributed by atoms with E-state index >= 15 is 0 Å². The number of H-pyrrole nitrogens is 1. The molecule has 1 saturated heterocycles. The summed E-state index contributed by atoms with van der Waals surface area (Å²) >= 11 is 0. The number of ether oxygens (including phenoxy) is 1. The monoisotopic (exact) mass is 499 g/mol. The Morgan fingerprint density at radius 2 is 2.16 bits per heavy atom. The standard InChI is InChI=1S/C26H25N7O4/c1-13-17(14-8-15-10-30-32-24(15)28-9-14)4-5-18-22(13)33(16-2-3-16)26(35)21-23(18)37-20(31-21)12-29-25(34)19-11-27-6-7-36-19/h4-5,8-10,16,19,27H,2-3,6-7,11-12H2,1H3,(H,29,34)(H,28,30,32). The summed E-state index contributed by atoms with van der Waals surface area (Å²) in [6, 6.07) is 6.18. The number of aromatic amines is 1. The molecule has 1 amide bonds. The van der Waals surface area contributed by atoms with Gasteiger partial charge in [-0.25, -0.2) is 9.97 Å². The molecule has 11 nitrogen and oxygen atoms in total. The fourth-order valence-corrected chi connectivity index (χ4v) is 5.17. The van der Waals surface area contributed by atoms with E-state index in [0.717, 1.165) is 58.0 Å². The van der Waals surface area contributed by atoms with E-state index in [0.29, 0.717) is 18.7 Å². The van der Waals surface area contributed by atoms with Crippen LogP contribution in [0.2, 0.25) is 0 Å². The number of carbonyl (C=O) groups excluding carboxylic acids is 1. The van der Waals surface area contributed by atoms with E-state index in [2.05, 4.69) is 30.8 Å². The minimum absolute atomic E-state index is 0.0746. The SMILES string of the molecule is Cc1c(-c2cnc3[nH]ncc3c2)ccc2c3oc(CNC(=O)C4CNCCO4)nc3c(=O)n(C3CC3)c12. The van der Waals surface area contributed by atoms with E-state index in [1.807, 2.05) is 35.9 Å². The molecule has 188 valence electrons. The molecule has 37 heavy (non-hydrogen) atoms. The van der Waals surface area contributed by atoms with Crippen molar-refractivity contribution >= 4 is 38.9 Å². The summed E-state index contributed by atoms with van der Waals surface area (Å²) in [7, 11) is 0. The first-order valence-electron chi connectivity index (χ1n) is 12.5. The zero-order chi connectivity index (χ0) is 25.1. The van der Waals surface area contributed by atoms with Crippen LogP contribution in [0.25, 0.3) is 44.2 Å². The van der Waals surface area contributed by atoms with Crippen molar-refractivity contribution in [1.29, 1.82) is 0 Å². The Morgan fingerprint density at radius 1 is 1.27 bits per heavy atom. The number of oxazole rings is 1. The van der Waals surface area contributed by atoms with Crippen LogP contribution in [0, 0.1) is 6.92 Å². The molecule has 2 fully saturated rings. The molecule has 1 unspecified atom stereocenters. The smallest absolute Gasteiger partial charge is 0.281 e. The van der Waals surface area contributed by atoms with Crippen molar-refractivity contribution in [2.45, 2.75) is 38.5 Å². The van der Waals surface area contributed by atoms with Crippen molar-refractivity contribution in [1.82, 2.24) is 35.4 Å². The number of amides is 1. The molecule has 5 heterocycles. The van der Waals surface area contributed by atoms with E-state index in [9.17, 15) is 9.59 Å². The molecule has 1 aromatic carbocycles. The minimum Gasteiger partial charge on any atom is -0.438 e. The molecular weight excluding hydrogens is 474 g/mol. The summed E-state index contributed by atoms with van der Waals surface area (Å²) in [5.41, 5.74) is 5.04. The predicted octanol–water partition coefficient (Wildman–Crippen LogP) is 2.33. The fraction of sp³-hybridized carbons (Fsp3) is 0.346. The van der Waals surface area contributed by atoms with E-state index in [-0.39, 0.29) is 35.5 Å². The molecule has 1 aliphatic heterocycles. The van der Waals surface area contributed by atoms with Gasteiger partial charge in [-0.15, -0.1) is 0 Å². The Balaban J connectivity index is 1.32. The largest absolute Gasteiger partial charge is 0.438 e. The van der Waals surface area contributed by atoms with Gasteiger partial charge in [0.2, 0.25) is 5.89 Å². The molecule has 5 aromatic rings. The third kappa shape index (κ3) is 3.69. The normalized spacial score (nSPS) is 18.1. The third-order valence-electron chi connectivity index (χ3n) is 7.16. The number of carbonyl (C=O) groups is 1. The van der Waals surface area contributed by atoms with Crippen molar-refractivity contribution in [2.24, 2.45) is 0 Å². The van der Waals surface area contributed by atoms with Crippen LogP contribution in [0.15, 0.2) is 39.8 Å². The average Bonchev–Trinajstić information content (AvgIpc) is 3.48. The molecule has 1 saturated carbocycles. The number of hydrogen-bond donors (Lipinski definition) is 3. The first-order valence-corrected chi connectivity index (χ1v) is 12.5. The number of fused-ring (bicyclic) bond motifs is 4. The summed E-state index contributed by atoms with van der Waals surface area (Å²) < 4.78 is 13.5. The van der Waals surface area contributed by atoms with Gasteiger partial charge in [-0.3, -0.25) is 14.7 Å². The van der Waals surface area contributed by atoms with Crippen LogP contribution in [0.5, 0.6) is 0 Å². The van der Waals surface area contributed by atoms with Crippen LogP contribution < -0.4 is 16.2 Å². The van der Waals surface area contributed by atoms with Crippen molar-refractivity contribution in [3.8, 4) is 11.1 Å². The average molecular weight is 500 g/mol. The zero-order valence-electron chi connectivity index (χ0n) is 20.2. The van der Waals surface area contributed by atoms with E-state index in [1.54, 1.807) is 6.20 Å². The minimum atomic E-state index is -0.553. The quantitative estimate of drug-likeness (QED) is 0.335. The molecule has 0 radical (unpaired) electrons. The lowest BCUT2D eigenvalue weighted by molar-refractivity contribution is -0.134. The molecule has 3 N–H and O–H groups in total. The molecule has 4 aromatic heterocycles. The van der Waals surface area contributed by atoms with Crippen molar-refractivity contribution < 1.29 is 13.9 Å². The van der Waals surface area contributed by atoms with Crippen LogP contribution in [-0.4, -0.2) is 56.4 Å². The van der Waals surface area contributed by atoms with Gasteiger partial charge < -0.3 is 24.4 Å². The van der Waals surface area contributed by atoms with Crippen molar-refractivity contribution in [3.05, 3.63) is 52.4 Å². The molecular formula is C26H25N7O4. The molecule has 1 aliphatic carbocycles. The van der Waals surface area contributed by atoms with Crippen LogP contribution in [-0.2, 0) is 16.1 Å². The van der Waals surface area contributed by atoms with Crippen LogP contribution >= 0.6 is 0 Å². The molecule has 7 rings (SSSR count). The van der Waals surface area contributed by atoms with Gasteiger partial charge in [0.1, 0.15) is 6.10 Å². The first kappa shape index (κ1) is 22.1. The second-order valence-corrected chi connectivity index (χ2v) is 9.64. The molecule has 11 heteroatoms. The highest BCUT2D eigenvalue weighted by molar-refractivity contribution is 6.04. The predicted molar refractivity (Wildman–Crippen MR) is 136 cm³/mol. The maximum absolute atomic E-state index is 13.7. The Hall–Kier alpha value is -4.09. The number of nitrogens with zero attached hydrogens (tertiary/aromatic N) is 4. The Bertz CT molecular complexity index is 1740. The number of aromatic nitrogens is 5. The topological polar surface area (TPSA) is 140 Å². The highest BCUT2D eigenvalue weighted by Crippen LogP contribution is 2.40. The second kappa shape index (κ2) is 8.49. The van der Waals surface area contributed by atoms with E-state index in [1.165, 1.54) is 0 Å². The maximum atomic E-state index is 13.7. The second-order valence-electron chi connectivity index (χ2n) is 9.64. The third-order valence-corrected chi connectivity index (χ3v) is 7.16. The summed E-state index contributed by atoms with van der Waals surface area (Å²) in [6.07, 6.45) is 4.90. The van der Waals surface area contributed by atoms with E-state index < -0.39 is 6.10 Å². The molecule has 1 atom stereocenters. The van der Waals surface area contributed by atoms with Crippen LogP contribution in [0.3, 0.4) is 0 Å². The van der Waals surface area contributed by atoms with Crippen molar-refractivity contribution in [2.75, 3.05) is 19.7 Å². The number of nitrogens with one attached hydrogen (secondary N) is 3. The highest BCUT2D eigenvalue weighted by Gasteiger charge is 2.30. The highest BCUT2D eigenvalue weighted by atomic mass is 16.5. The maximum Gasteiger partial charge on any atom is 0.281 e. The first-order chi connectivity index (χ1) is 18.1. The number of hydrogen-bond acceptors (Lipinski definition) is 8. The summed E-state index contributed by atoms with van der Waals surface area (Å²) in [5.74, 6) is 0.0498. The van der Waals surface area contributed by atoms with Crippen LogP contribution in [0.4, 0.5) is 0 Å². The summed E-state index contributed by atoms with van der Waals surface area (Å²) in [5, 5.41) is 14.6. The Labute approximate surface area is 210 Å². The van der Waals surface area contributed by atoms with Gasteiger partial charge in [0.05, 0.1) is 24.9 Å². The zero-order valence-corrected chi connectivity index (χ0v) is 20.2. The van der Waals surface area contributed by atoms with Gasteiger partial charge >= 0.3 is 0 Å². The van der Waals surface area contributed by atoms with Gasteiger partial charge in [0, 0.05) is 41.7 Å². The molecule has 0 spiro atoms. The van der Waals surface area contributed by atoms with E-state index in [4.69, 9.17) is 9.15 Å². The van der Waals surface area contributed by atoms with Gasteiger partial charge in [-0.05, 0) is 43.0 Å². The Kier molecular flexibility index (Phi) is 5.08. The summed E-state index contributed by atoms with van der Waals surface area (Å²) in [6.45, 7) is 3.77. The molecule has 2 aliphatic rings. The number of aryl methyl sites for hydroxylation is 1. The Morgan fingerprint density at radius 3 is 2.97 bits per heavy atom. The lowest BCUT2D eigenvalue weighted by Crippen LogP contribution is -2.47. The number of rotatable bonds is 5. The number of pyridine rings is 2. The van der Waals surface area contributed by atoms with Crippen molar-refractivity contribution in [3.63, 3.8) is 0 Å². The fourth-order valence-electron chi connectivity index (χ4n) is 5.17.